The standard InChI is InChI=1S/C16H24F3N3OS/c1-11(2)22(12(3)4)9-8-20-15(23)21-13-6-5-7-14(10-13)24-16(17,18)19/h5-7,10-12H,8-9H2,1-4H3,(H2,20,21,23). The highest BCUT2D eigenvalue weighted by Gasteiger charge is 2.29. The minimum absolute atomic E-state index is 0.0334. The van der Waals surface area contributed by atoms with E-state index in [1.807, 2.05) is 0 Å². The number of thioether (sulfide) groups is 1. The first-order valence-electron chi connectivity index (χ1n) is 7.75. The molecule has 0 aliphatic heterocycles. The molecule has 0 fully saturated rings. The van der Waals surface area contributed by atoms with Crippen LogP contribution in [-0.4, -0.2) is 41.6 Å². The summed E-state index contributed by atoms with van der Waals surface area (Å²) >= 11 is -0.208. The van der Waals surface area contributed by atoms with Crippen LogP contribution in [-0.2, 0) is 0 Å². The van der Waals surface area contributed by atoms with Crippen LogP contribution in [0.2, 0.25) is 0 Å². The SMILES string of the molecule is CC(C)N(CCNC(=O)Nc1cccc(SC(F)(F)F)c1)C(C)C. The van der Waals surface area contributed by atoms with Crippen molar-refractivity contribution in [2.24, 2.45) is 0 Å². The van der Waals surface area contributed by atoms with Gasteiger partial charge in [0.15, 0.2) is 0 Å². The molecular weight excluding hydrogens is 339 g/mol. The van der Waals surface area contributed by atoms with Gasteiger partial charge in [0.25, 0.3) is 0 Å². The number of carbonyl (C=O) groups excluding carboxylic acids is 1. The van der Waals surface area contributed by atoms with E-state index < -0.39 is 11.5 Å². The summed E-state index contributed by atoms with van der Waals surface area (Å²) in [5.41, 5.74) is -4.02. The zero-order chi connectivity index (χ0) is 18.3. The molecule has 1 aromatic carbocycles. The highest BCUT2D eigenvalue weighted by Crippen LogP contribution is 2.37. The number of rotatable bonds is 7. The number of amides is 2. The maximum absolute atomic E-state index is 12.4. The van der Waals surface area contributed by atoms with Crippen molar-refractivity contribution < 1.29 is 18.0 Å². The predicted molar refractivity (Wildman–Crippen MR) is 92.4 cm³/mol. The fourth-order valence-electron chi connectivity index (χ4n) is 2.36. The molecule has 0 aromatic heterocycles. The van der Waals surface area contributed by atoms with Crippen molar-refractivity contribution in [1.29, 1.82) is 0 Å². The van der Waals surface area contributed by atoms with E-state index in [-0.39, 0.29) is 16.7 Å². The lowest BCUT2D eigenvalue weighted by Gasteiger charge is -2.30. The van der Waals surface area contributed by atoms with Crippen LogP contribution >= 0.6 is 11.8 Å². The van der Waals surface area contributed by atoms with Gasteiger partial charge >= 0.3 is 11.5 Å². The largest absolute Gasteiger partial charge is 0.446 e. The van der Waals surface area contributed by atoms with E-state index in [1.54, 1.807) is 6.07 Å². The number of benzene rings is 1. The molecule has 24 heavy (non-hydrogen) atoms. The predicted octanol–water partition coefficient (Wildman–Crippen LogP) is 4.54. The van der Waals surface area contributed by atoms with Crippen LogP contribution in [0.4, 0.5) is 23.7 Å². The van der Waals surface area contributed by atoms with Crippen LogP contribution in [0.3, 0.4) is 0 Å². The summed E-state index contributed by atoms with van der Waals surface area (Å²) in [6.07, 6.45) is 0. The van der Waals surface area contributed by atoms with Crippen LogP contribution in [0, 0.1) is 0 Å². The molecule has 0 saturated carbocycles. The third-order valence-electron chi connectivity index (χ3n) is 3.31. The van der Waals surface area contributed by atoms with E-state index in [1.165, 1.54) is 18.2 Å². The van der Waals surface area contributed by atoms with Crippen LogP contribution in [0.5, 0.6) is 0 Å². The molecule has 0 saturated heterocycles. The van der Waals surface area contributed by atoms with Crippen LogP contribution < -0.4 is 10.6 Å². The van der Waals surface area contributed by atoms with Gasteiger partial charge in [0.05, 0.1) is 0 Å². The van der Waals surface area contributed by atoms with Crippen molar-refractivity contribution in [3.05, 3.63) is 24.3 Å². The lowest BCUT2D eigenvalue weighted by Crippen LogP contribution is -2.43. The fourth-order valence-corrected chi connectivity index (χ4v) is 2.96. The molecule has 0 heterocycles. The van der Waals surface area contributed by atoms with E-state index in [9.17, 15) is 18.0 Å². The van der Waals surface area contributed by atoms with Crippen molar-refractivity contribution in [3.8, 4) is 0 Å². The van der Waals surface area contributed by atoms with Gasteiger partial charge in [-0.25, -0.2) is 4.79 Å². The van der Waals surface area contributed by atoms with Gasteiger partial charge in [0.2, 0.25) is 0 Å². The number of anilines is 1. The van der Waals surface area contributed by atoms with Crippen molar-refractivity contribution >= 4 is 23.5 Å². The summed E-state index contributed by atoms with van der Waals surface area (Å²) in [7, 11) is 0. The Morgan fingerprint density at radius 1 is 1.21 bits per heavy atom. The molecular formula is C16H24F3N3OS. The first-order valence-corrected chi connectivity index (χ1v) is 8.56. The topological polar surface area (TPSA) is 44.4 Å². The zero-order valence-electron chi connectivity index (χ0n) is 14.3. The Morgan fingerprint density at radius 2 is 1.83 bits per heavy atom. The molecule has 136 valence electrons. The number of nitrogens with zero attached hydrogens (tertiary/aromatic N) is 1. The van der Waals surface area contributed by atoms with E-state index in [4.69, 9.17) is 0 Å². The lowest BCUT2D eigenvalue weighted by molar-refractivity contribution is -0.0328. The molecule has 4 nitrogen and oxygen atoms in total. The Balaban J connectivity index is 2.49. The number of hydrogen-bond donors (Lipinski definition) is 2. The molecule has 0 bridgehead atoms. The third kappa shape index (κ3) is 7.92. The third-order valence-corrected chi connectivity index (χ3v) is 4.03. The van der Waals surface area contributed by atoms with E-state index in [2.05, 4.69) is 43.2 Å². The van der Waals surface area contributed by atoms with Crippen molar-refractivity contribution in [2.45, 2.75) is 50.2 Å². The highest BCUT2D eigenvalue weighted by molar-refractivity contribution is 8.00. The van der Waals surface area contributed by atoms with E-state index >= 15 is 0 Å². The summed E-state index contributed by atoms with van der Waals surface area (Å²) in [5.74, 6) is 0. The molecule has 2 N–H and O–H groups in total. The van der Waals surface area contributed by atoms with Crippen molar-refractivity contribution in [3.63, 3.8) is 0 Å². The van der Waals surface area contributed by atoms with Crippen molar-refractivity contribution in [1.82, 2.24) is 10.2 Å². The molecule has 2 amide bonds. The number of nitrogens with one attached hydrogen (secondary N) is 2. The monoisotopic (exact) mass is 363 g/mol. The quantitative estimate of drug-likeness (QED) is 0.699. The summed E-state index contributed by atoms with van der Waals surface area (Å²) in [6, 6.07) is 5.97. The second-order valence-electron chi connectivity index (χ2n) is 5.88. The first kappa shape index (κ1) is 20.6. The Bertz CT molecular complexity index is 528. The van der Waals surface area contributed by atoms with Gasteiger partial charge in [-0.2, -0.15) is 13.2 Å². The molecule has 8 heteroatoms. The van der Waals surface area contributed by atoms with Gasteiger partial charge in [-0.1, -0.05) is 6.07 Å². The summed E-state index contributed by atoms with van der Waals surface area (Å²) in [6.45, 7) is 9.51. The molecule has 0 aliphatic carbocycles. The average molecular weight is 363 g/mol. The number of carbonyl (C=O) groups is 1. The Kier molecular flexibility index (Phi) is 7.89. The molecule has 0 aliphatic rings. The fraction of sp³-hybridized carbons (Fsp3) is 0.562. The molecule has 0 unspecified atom stereocenters. The van der Waals surface area contributed by atoms with E-state index in [0.29, 0.717) is 30.9 Å². The maximum atomic E-state index is 12.4. The first-order chi connectivity index (χ1) is 11.1. The molecule has 0 atom stereocenters. The minimum atomic E-state index is -4.35. The van der Waals surface area contributed by atoms with Crippen LogP contribution in [0.1, 0.15) is 27.7 Å². The zero-order valence-corrected chi connectivity index (χ0v) is 15.1. The lowest BCUT2D eigenvalue weighted by atomic mass is 10.2. The van der Waals surface area contributed by atoms with Crippen molar-refractivity contribution in [2.75, 3.05) is 18.4 Å². The normalized spacial score (nSPS) is 12.1. The molecule has 0 spiro atoms. The maximum Gasteiger partial charge on any atom is 0.446 e. The van der Waals surface area contributed by atoms with E-state index in [0.717, 1.165) is 0 Å². The number of hydrogen-bond acceptors (Lipinski definition) is 3. The number of alkyl halides is 3. The highest BCUT2D eigenvalue weighted by atomic mass is 32.2. The number of halogens is 3. The number of urea groups is 1. The van der Waals surface area contributed by atoms with Gasteiger partial charge in [-0.3, -0.25) is 4.90 Å². The van der Waals surface area contributed by atoms with Gasteiger partial charge in [-0.15, -0.1) is 0 Å². The molecule has 1 aromatic rings. The smallest absolute Gasteiger partial charge is 0.337 e. The second kappa shape index (κ2) is 9.17. The van der Waals surface area contributed by atoms with Gasteiger partial charge < -0.3 is 10.6 Å². The van der Waals surface area contributed by atoms with Gasteiger partial charge in [0, 0.05) is 35.8 Å². The Morgan fingerprint density at radius 3 is 2.38 bits per heavy atom. The minimum Gasteiger partial charge on any atom is -0.337 e. The summed E-state index contributed by atoms with van der Waals surface area (Å²) in [5, 5.41) is 5.27. The summed E-state index contributed by atoms with van der Waals surface area (Å²) < 4.78 is 37.1. The van der Waals surface area contributed by atoms with Gasteiger partial charge in [0.1, 0.15) is 0 Å². The van der Waals surface area contributed by atoms with Gasteiger partial charge in [-0.05, 0) is 57.7 Å². The summed E-state index contributed by atoms with van der Waals surface area (Å²) in [4.78, 5) is 14.1. The molecule has 1 rings (SSSR count). The second-order valence-corrected chi connectivity index (χ2v) is 7.02. The average Bonchev–Trinajstić information content (AvgIpc) is 2.41. The Labute approximate surface area is 145 Å². The van der Waals surface area contributed by atoms with Crippen LogP contribution in [0.25, 0.3) is 0 Å². The van der Waals surface area contributed by atoms with Crippen LogP contribution in [0.15, 0.2) is 29.2 Å². The molecule has 0 radical (unpaired) electrons. The Hall–Kier alpha value is -1.41.